The normalized spacial score (nSPS) is 18.4. The molecule has 1 atom stereocenters. The lowest BCUT2D eigenvalue weighted by atomic mass is 9.88. The van der Waals surface area contributed by atoms with Crippen LogP contribution in [0.1, 0.15) is 43.2 Å². The molecule has 0 fully saturated rings. The predicted octanol–water partition coefficient (Wildman–Crippen LogP) is 4.01. The highest BCUT2D eigenvalue weighted by atomic mass is 16.2. The molecule has 0 spiro atoms. The van der Waals surface area contributed by atoms with Gasteiger partial charge in [-0.15, -0.1) is 0 Å². The van der Waals surface area contributed by atoms with Gasteiger partial charge in [0, 0.05) is 31.8 Å². The molecule has 2 aliphatic rings. The zero-order valence-corrected chi connectivity index (χ0v) is 18.1. The van der Waals surface area contributed by atoms with Crippen molar-refractivity contribution in [3.8, 4) is 0 Å². The summed E-state index contributed by atoms with van der Waals surface area (Å²) in [6, 6.07) is 20.7. The minimum absolute atomic E-state index is 0.0898. The zero-order chi connectivity index (χ0) is 21.8. The van der Waals surface area contributed by atoms with Crippen molar-refractivity contribution in [2.75, 3.05) is 13.6 Å². The van der Waals surface area contributed by atoms with Crippen LogP contribution in [-0.4, -0.2) is 41.2 Å². The van der Waals surface area contributed by atoms with Crippen LogP contribution in [0.4, 0.5) is 0 Å². The van der Waals surface area contributed by atoms with Gasteiger partial charge < -0.3 is 10.2 Å². The maximum atomic E-state index is 13.0. The molecule has 160 valence electrons. The molecule has 31 heavy (non-hydrogen) atoms. The summed E-state index contributed by atoms with van der Waals surface area (Å²) in [6.45, 7) is 2.52. The monoisotopic (exact) mass is 415 g/mol. The Morgan fingerprint density at radius 3 is 2.29 bits per heavy atom. The molecule has 5 heteroatoms. The second-order valence-corrected chi connectivity index (χ2v) is 8.24. The van der Waals surface area contributed by atoms with Gasteiger partial charge in [-0.2, -0.15) is 0 Å². The van der Waals surface area contributed by atoms with Gasteiger partial charge in [-0.1, -0.05) is 60.7 Å². The molecular weight excluding hydrogens is 386 g/mol. The van der Waals surface area contributed by atoms with Gasteiger partial charge in [0.15, 0.2) is 0 Å². The Morgan fingerprint density at radius 1 is 1.06 bits per heavy atom. The van der Waals surface area contributed by atoms with E-state index in [1.807, 2.05) is 55.3 Å². The fourth-order valence-corrected chi connectivity index (χ4v) is 4.45. The Kier molecular flexibility index (Phi) is 6.21. The molecule has 2 heterocycles. The summed E-state index contributed by atoms with van der Waals surface area (Å²) in [5.41, 5.74) is 2.63. The maximum absolute atomic E-state index is 13.0. The van der Waals surface area contributed by atoms with Crippen LogP contribution < -0.4 is 5.32 Å². The SMILES string of the molecule is CC1CCC=C2N(C)C=C(C(=O)NCCC(c3ccccc3)c3ccccc3)C(=O)N21. The molecule has 2 aromatic rings. The highest BCUT2D eigenvalue weighted by molar-refractivity contribution is 6.19. The van der Waals surface area contributed by atoms with E-state index in [0.717, 1.165) is 25.1 Å². The number of allylic oxidation sites excluding steroid dienone is 1. The quantitative estimate of drug-likeness (QED) is 0.726. The van der Waals surface area contributed by atoms with Crippen LogP contribution in [0.2, 0.25) is 0 Å². The number of nitrogens with zero attached hydrogens (tertiary/aromatic N) is 2. The molecule has 0 saturated carbocycles. The Labute approximate surface area is 184 Å². The summed E-state index contributed by atoms with van der Waals surface area (Å²) in [4.78, 5) is 29.6. The lowest BCUT2D eigenvalue weighted by molar-refractivity contribution is -0.132. The van der Waals surface area contributed by atoms with E-state index in [1.54, 1.807) is 11.1 Å². The highest BCUT2D eigenvalue weighted by Gasteiger charge is 2.36. The van der Waals surface area contributed by atoms with Gasteiger partial charge in [-0.3, -0.25) is 14.5 Å². The van der Waals surface area contributed by atoms with Crippen molar-refractivity contribution in [1.82, 2.24) is 15.1 Å². The number of amides is 2. The lowest BCUT2D eigenvalue weighted by Crippen LogP contribution is -2.50. The van der Waals surface area contributed by atoms with E-state index in [1.165, 1.54) is 11.1 Å². The van der Waals surface area contributed by atoms with Crippen molar-refractivity contribution in [2.45, 2.75) is 38.1 Å². The first-order valence-electron chi connectivity index (χ1n) is 10.9. The zero-order valence-electron chi connectivity index (χ0n) is 18.1. The Bertz CT molecular complexity index is 958. The average molecular weight is 416 g/mol. The van der Waals surface area contributed by atoms with Gasteiger partial charge in [-0.25, -0.2) is 0 Å². The van der Waals surface area contributed by atoms with E-state index in [-0.39, 0.29) is 29.3 Å². The number of hydrogen-bond acceptors (Lipinski definition) is 3. The van der Waals surface area contributed by atoms with Crippen LogP contribution in [0.15, 0.2) is 84.3 Å². The average Bonchev–Trinajstić information content (AvgIpc) is 2.80. The summed E-state index contributed by atoms with van der Waals surface area (Å²) in [5, 5.41) is 2.98. The van der Waals surface area contributed by atoms with E-state index in [4.69, 9.17) is 0 Å². The summed E-state index contributed by atoms with van der Waals surface area (Å²) >= 11 is 0. The topological polar surface area (TPSA) is 52.7 Å². The summed E-state index contributed by atoms with van der Waals surface area (Å²) < 4.78 is 0. The van der Waals surface area contributed by atoms with Crippen LogP contribution in [0.5, 0.6) is 0 Å². The van der Waals surface area contributed by atoms with E-state index >= 15 is 0 Å². The summed E-state index contributed by atoms with van der Waals surface area (Å²) in [7, 11) is 1.89. The molecular formula is C26H29N3O2. The van der Waals surface area contributed by atoms with Crippen molar-refractivity contribution >= 4 is 11.8 Å². The minimum atomic E-state index is -0.312. The molecule has 0 aromatic heterocycles. The number of fused-ring (bicyclic) bond motifs is 1. The molecule has 0 aliphatic carbocycles. The van der Waals surface area contributed by atoms with Crippen molar-refractivity contribution < 1.29 is 9.59 Å². The number of benzene rings is 2. The number of carbonyl (C=O) groups is 2. The lowest BCUT2D eigenvalue weighted by Gasteiger charge is -2.41. The van der Waals surface area contributed by atoms with E-state index in [2.05, 4.69) is 35.7 Å². The number of hydrogen-bond donors (Lipinski definition) is 1. The molecule has 2 aliphatic heterocycles. The third kappa shape index (κ3) is 4.41. The highest BCUT2D eigenvalue weighted by Crippen LogP contribution is 2.30. The van der Waals surface area contributed by atoms with Crippen LogP contribution in [0.25, 0.3) is 0 Å². The van der Waals surface area contributed by atoms with Gasteiger partial charge in [0.05, 0.1) is 0 Å². The fourth-order valence-electron chi connectivity index (χ4n) is 4.45. The molecule has 4 rings (SSSR count). The largest absolute Gasteiger partial charge is 0.352 e. The maximum Gasteiger partial charge on any atom is 0.266 e. The molecule has 0 saturated heterocycles. The number of rotatable bonds is 6. The van der Waals surface area contributed by atoms with Gasteiger partial charge >= 0.3 is 0 Å². The third-order valence-electron chi connectivity index (χ3n) is 6.10. The van der Waals surface area contributed by atoms with E-state index in [9.17, 15) is 9.59 Å². The van der Waals surface area contributed by atoms with Crippen molar-refractivity contribution in [1.29, 1.82) is 0 Å². The van der Waals surface area contributed by atoms with Crippen molar-refractivity contribution in [3.63, 3.8) is 0 Å². The van der Waals surface area contributed by atoms with E-state index < -0.39 is 0 Å². The molecule has 5 nitrogen and oxygen atoms in total. The second-order valence-electron chi connectivity index (χ2n) is 8.24. The fraction of sp³-hybridized carbons (Fsp3) is 0.308. The minimum Gasteiger partial charge on any atom is -0.352 e. The predicted molar refractivity (Wildman–Crippen MR) is 122 cm³/mol. The molecule has 2 aromatic carbocycles. The van der Waals surface area contributed by atoms with Gasteiger partial charge in [0.25, 0.3) is 11.8 Å². The summed E-state index contributed by atoms with van der Waals surface area (Å²) in [6.07, 6.45) is 6.33. The van der Waals surface area contributed by atoms with Gasteiger partial charge in [0.2, 0.25) is 0 Å². The Morgan fingerprint density at radius 2 is 1.68 bits per heavy atom. The Balaban J connectivity index is 1.46. The molecule has 0 bridgehead atoms. The van der Waals surface area contributed by atoms with Crippen LogP contribution in [-0.2, 0) is 9.59 Å². The molecule has 2 amide bonds. The van der Waals surface area contributed by atoms with Crippen molar-refractivity contribution in [3.05, 3.63) is 95.5 Å². The smallest absolute Gasteiger partial charge is 0.266 e. The van der Waals surface area contributed by atoms with Crippen LogP contribution >= 0.6 is 0 Å². The summed E-state index contributed by atoms with van der Waals surface area (Å²) in [5.74, 6) is 0.525. The second kappa shape index (κ2) is 9.21. The van der Waals surface area contributed by atoms with Crippen molar-refractivity contribution in [2.24, 2.45) is 0 Å². The third-order valence-corrected chi connectivity index (χ3v) is 6.10. The first-order valence-corrected chi connectivity index (χ1v) is 10.9. The molecule has 0 radical (unpaired) electrons. The number of nitrogens with one attached hydrogen (secondary N) is 1. The first kappa shape index (κ1) is 20.9. The number of carbonyl (C=O) groups excluding carboxylic acids is 2. The van der Waals surface area contributed by atoms with Gasteiger partial charge in [0.1, 0.15) is 11.4 Å². The molecule has 1 N–H and O–H groups in total. The van der Waals surface area contributed by atoms with Crippen LogP contribution in [0.3, 0.4) is 0 Å². The standard InChI is InChI=1S/C26H29N3O2/c1-19-10-9-15-24-28(2)18-23(26(31)29(19)24)25(30)27-17-16-22(20-11-5-3-6-12-20)21-13-7-4-8-14-21/h3-8,11-15,18-19,22H,9-10,16-17H2,1-2H3,(H,27,30). The van der Waals surface area contributed by atoms with Gasteiger partial charge in [-0.05, 0) is 43.4 Å². The van der Waals surface area contributed by atoms with Crippen LogP contribution in [0, 0.1) is 0 Å². The first-order chi connectivity index (χ1) is 15.1. The van der Waals surface area contributed by atoms with E-state index in [0.29, 0.717) is 6.54 Å². The Hall–Kier alpha value is -3.34. The molecule has 1 unspecified atom stereocenters.